The zero-order valence-corrected chi connectivity index (χ0v) is 22.5. The van der Waals surface area contributed by atoms with E-state index in [2.05, 4.69) is 27.3 Å². The van der Waals surface area contributed by atoms with Gasteiger partial charge in [0.05, 0.1) is 6.54 Å². The average Bonchev–Trinajstić information content (AvgIpc) is 3.31. The summed E-state index contributed by atoms with van der Waals surface area (Å²) in [5.41, 5.74) is 7.33. The van der Waals surface area contributed by atoms with E-state index < -0.39 is 0 Å². The first kappa shape index (κ1) is 24.6. The fourth-order valence-corrected chi connectivity index (χ4v) is 5.64. The molecule has 2 N–H and O–H groups in total. The van der Waals surface area contributed by atoms with Crippen LogP contribution < -0.4 is 10.6 Å². The van der Waals surface area contributed by atoms with Crippen LogP contribution in [0, 0.1) is 6.92 Å². The molecule has 0 saturated heterocycles. The molecular weight excluding hydrogens is 517 g/mol. The van der Waals surface area contributed by atoms with Gasteiger partial charge in [-0.2, -0.15) is 5.10 Å². The molecule has 2 aromatic heterocycles. The highest BCUT2D eigenvalue weighted by Crippen LogP contribution is 2.37. The molecule has 5 aromatic rings. The first-order valence-corrected chi connectivity index (χ1v) is 13.5. The van der Waals surface area contributed by atoms with E-state index in [-0.39, 0.29) is 5.91 Å². The minimum absolute atomic E-state index is 0.220. The Hall–Kier alpha value is -3.74. The molecule has 3 aromatic carbocycles. The van der Waals surface area contributed by atoms with Crippen LogP contribution >= 0.6 is 23.2 Å². The summed E-state index contributed by atoms with van der Waals surface area (Å²) in [4.78, 5) is 13.9. The number of nitrogens with one attached hydrogen (secondary N) is 2. The van der Waals surface area contributed by atoms with E-state index in [1.165, 1.54) is 0 Å². The number of hydrogen-bond donors (Lipinski definition) is 2. The van der Waals surface area contributed by atoms with E-state index in [4.69, 9.17) is 28.3 Å². The summed E-state index contributed by atoms with van der Waals surface area (Å²) >= 11 is 12.4. The van der Waals surface area contributed by atoms with Crippen LogP contribution in [0.1, 0.15) is 40.3 Å². The van der Waals surface area contributed by atoms with E-state index in [9.17, 15) is 4.79 Å². The van der Waals surface area contributed by atoms with Crippen molar-refractivity contribution >= 4 is 46.1 Å². The fraction of sp³-hybridized carbons (Fsp3) is 0.200. The number of carbonyl (C=O) groups excluding carboxylic acids is 1. The smallest absolute Gasteiger partial charge is 0.275 e. The SMILES string of the molecule is Cc1ccc(Cl)cc1NCc1nn2c(C(=O)Nc3cccc(Cl)c3)c(-c3ccccc3)c3c2n1CCCC3. The Morgan fingerprint density at radius 1 is 0.974 bits per heavy atom. The third-order valence-corrected chi connectivity index (χ3v) is 7.53. The second-order valence-electron chi connectivity index (χ2n) is 9.61. The lowest BCUT2D eigenvalue weighted by Gasteiger charge is -2.11. The number of anilines is 2. The van der Waals surface area contributed by atoms with Crippen LogP contribution in [0.15, 0.2) is 72.8 Å². The topological polar surface area (TPSA) is 63.4 Å². The van der Waals surface area contributed by atoms with Crippen molar-refractivity contribution in [2.75, 3.05) is 10.6 Å². The monoisotopic (exact) mass is 543 g/mol. The van der Waals surface area contributed by atoms with Gasteiger partial charge in [-0.1, -0.05) is 65.7 Å². The number of rotatable bonds is 6. The van der Waals surface area contributed by atoms with Gasteiger partial charge >= 0.3 is 0 Å². The Balaban J connectivity index is 1.49. The number of hydrogen-bond acceptors (Lipinski definition) is 3. The zero-order valence-electron chi connectivity index (χ0n) is 21.0. The molecule has 0 atom stereocenters. The first-order chi connectivity index (χ1) is 18.5. The number of benzene rings is 3. The van der Waals surface area contributed by atoms with Gasteiger partial charge in [0.2, 0.25) is 0 Å². The number of carbonyl (C=O) groups is 1. The molecule has 1 aliphatic rings. The van der Waals surface area contributed by atoms with Gasteiger partial charge in [-0.25, -0.2) is 4.52 Å². The van der Waals surface area contributed by atoms with E-state index in [0.717, 1.165) is 65.2 Å². The normalized spacial score (nSPS) is 12.9. The Bertz CT molecular complexity index is 1650. The largest absolute Gasteiger partial charge is 0.377 e. The maximum atomic E-state index is 13.9. The van der Waals surface area contributed by atoms with Crippen molar-refractivity contribution in [2.24, 2.45) is 0 Å². The summed E-state index contributed by atoms with van der Waals surface area (Å²) < 4.78 is 4.10. The molecule has 6 rings (SSSR count). The lowest BCUT2D eigenvalue weighted by molar-refractivity contribution is 0.102. The Labute approximate surface area is 231 Å². The third kappa shape index (κ3) is 4.55. The summed E-state index contributed by atoms with van der Waals surface area (Å²) in [6, 6.07) is 23.1. The Morgan fingerprint density at radius 3 is 2.61 bits per heavy atom. The second kappa shape index (κ2) is 10.2. The molecule has 1 aliphatic heterocycles. The van der Waals surface area contributed by atoms with E-state index >= 15 is 0 Å². The molecule has 0 saturated carbocycles. The number of amides is 1. The molecule has 8 heteroatoms. The highest BCUT2D eigenvalue weighted by atomic mass is 35.5. The van der Waals surface area contributed by atoms with Crippen molar-refractivity contribution in [1.29, 1.82) is 0 Å². The van der Waals surface area contributed by atoms with Gasteiger partial charge < -0.3 is 15.2 Å². The van der Waals surface area contributed by atoms with Crippen LogP contribution in [0.25, 0.3) is 16.8 Å². The van der Waals surface area contributed by atoms with Crippen molar-refractivity contribution < 1.29 is 4.79 Å². The molecule has 0 spiro atoms. The van der Waals surface area contributed by atoms with Crippen LogP contribution in [0.2, 0.25) is 10.0 Å². The minimum Gasteiger partial charge on any atom is -0.377 e. The third-order valence-electron chi connectivity index (χ3n) is 7.06. The zero-order chi connectivity index (χ0) is 26.2. The lowest BCUT2D eigenvalue weighted by Crippen LogP contribution is -2.16. The van der Waals surface area contributed by atoms with Gasteiger partial charge in [-0.05, 0) is 67.6 Å². The molecule has 0 fully saturated rings. The van der Waals surface area contributed by atoms with E-state index in [0.29, 0.717) is 28.0 Å². The second-order valence-corrected chi connectivity index (χ2v) is 10.5. The maximum absolute atomic E-state index is 13.9. The number of aryl methyl sites for hydroxylation is 3. The number of nitrogens with zero attached hydrogens (tertiary/aromatic N) is 3. The van der Waals surface area contributed by atoms with Gasteiger partial charge in [0.1, 0.15) is 11.3 Å². The molecule has 0 bridgehead atoms. The first-order valence-electron chi connectivity index (χ1n) is 12.7. The van der Waals surface area contributed by atoms with Crippen molar-refractivity contribution in [3.63, 3.8) is 0 Å². The van der Waals surface area contributed by atoms with Crippen LogP contribution in [0.5, 0.6) is 0 Å². The summed E-state index contributed by atoms with van der Waals surface area (Å²) in [7, 11) is 0. The maximum Gasteiger partial charge on any atom is 0.275 e. The molecule has 6 nitrogen and oxygen atoms in total. The quantitative estimate of drug-likeness (QED) is 0.231. The molecular formula is C30H27Cl2N5O. The molecule has 0 aliphatic carbocycles. The molecule has 38 heavy (non-hydrogen) atoms. The van der Waals surface area contributed by atoms with Crippen molar-refractivity contribution in [3.8, 4) is 11.1 Å². The van der Waals surface area contributed by atoms with Gasteiger partial charge in [0.15, 0.2) is 5.82 Å². The molecule has 192 valence electrons. The lowest BCUT2D eigenvalue weighted by atomic mass is 9.98. The Morgan fingerprint density at radius 2 is 1.79 bits per heavy atom. The summed E-state index contributed by atoms with van der Waals surface area (Å²) in [6.07, 6.45) is 2.96. The van der Waals surface area contributed by atoms with Gasteiger partial charge in [-0.3, -0.25) is 4.79 Å². The molecule has 3 heterocycles. The van der Waals surface area contributed by atoms with Crippen molar-refractivity contribution in [1.82, 2.24) is 14.2 Å². The summed E-state index contributed by atoms with van der Waals surface area (Å²) in [6.45, 7) is 3.40. The van der Waals surface area contributed by atoms with Crippen LogP contribution in [-0.4, -0.2) is 20.1 Å². The molecule has 1 amide bonds. The molecule has 0 unspecified atom stereocenters. The number of halogens is 2. The molecule has 0 radical (unpaired) electrons. The standard InChI is InChI=1S/C30H27Cl2N5O/c1-19-13-14-22(32)17-25(19)33-18-26-35-37-28(29(38)34-23-11-7-10-21(31)16-23)27(20-8-3-2-4-9-20)24-12-5-6-15-36(26)30(24)37/h2-4,7-11,13-14,16-17,33H,5-6,12,15,18H2,1H3,(H,34,38). The van der Waals surface area contributed by atoms with Gasteiger partial charge in [-0.15, -0.1) is 0 Å². The van der Waals surface area contributed by atoms with Crippen LogP contribution in [-0.2, 0) is 19.5 Å². The average molecular weight is 544 g/mol. The highest BCUT2D eigenvalue weighted by molar-refractivity contribution is 6.31. The Kier molecular flexibility index (Phi) is 6.60. The minimum atomic E-state index is -0.220. The van der Waals surface area contributed by atoms with E-state index in [1.54, 1.807) is 12.1 Å². The fourth-order valence-electron chi connectivity index (χ4n) is 5.28. The van der Waals surface area contributed by atoms with Crippen LogP contribution in [0.4, 0.5) is 11.4 Å². The predicted octanol–water partition coefficient (Wildman–Crippen LogP) is 7.62. The summed E-state index contributed by atoms with van der Waals surface area (Å²) in [5, 5.41) is 12.8. The summed E-state index contributed by atoms with van der Waals surface area (Å²) in [5.74, 6) is 0.654. The highest BCUT2D eigenvalue weighted by Gasteiger charge is 2.30. The van der Waals surface area contributed by atoms with Gasteiger partial charge in [0, 0.05) is 39.1 Å². The van der Waals surface area contributed by atoms with E-state index in [1.807, 2.05) is 60.0 Å². The van der Waals surface area contributed by atoms with Crippen molar-refractivity contribution in [3.05, 3.63) is 105 Å². The number of aromatic nitrogens is 3. The van der Waals surface area contributed by atoms with Crippen molar-refractivity contribution in [2.45, 2.75) is 39.3 Å². The van der Waals surface area contributed by atoms with Gasteiger partial charge in [0.25, 0.3) is 5.91 Å². The van der Waals surface area contributed by atoms with Crippen LogP contribution in [0.3, 0.4) is 0 Å². The predicted molar refractivity (Wildman–Crippen MR) is 154 cm³/mol.